The number of hydrogen-bond donors (Lipinski definition) is 3. The maximum absolute atomic E-state index is 12.5. The highest BCUT2D eigenvalue weighted by Gasteiger charge is 2.63. The van der Waals surface area contributed by atoms with E-state index in [1.807, 2.05) is 20.8 Å². The van der Waals surface area contributed by atoms with Crippen LogP contribution in [0.5, 0.6) is 0 Å². The fourth-order valence-electron chi connectivity index (χ4n) is 3.40. The second-order valence-corrected chi connectivity index (χ2v) is 6.77. The van der Waals surface area contributed by atoms with Crippen LogP contribution in [0, 0.1) is 5.41 Å². The molecule has 2 saturated carbocycles. The number of carbonyl (C=O) groups is 1. The fraction of sp³-hybridized carbons (Fsp3) is 0.933. The molecule has 2 rings (SSSR count). The van der Waals surface area contributed by atoms with E-state index in [2.05, 4.69) is 5.32 Å². The zero-order chi connectivity index (χ0) is 15.0. The fourth-order valence-corrected chi connectivity index (χ4v) is 3.40. The zero-order valence-electron chi connectivity index (χ0n) is 12.8. The van der Waals surface area contributed by atoms with Crippen LogP contribution in [-0.2, 0) is 9.53 Å². The topological polar surface area (TPSA) is 84.6 Å². The number of ether oxygens (including phenoxy) is 1. The molecule has 0 aromatic carbocycles. The largest absolute Gasteiger partial charge is 0.391 e. The van der Waals surface area contributed by atoms with Crippen LogP contribution < -0.4 is 11.1 Å². The molecule has 0 bridgehead atoms. The molecule has 5 heteroatoms. The Kier molecular flexibility index (Phi) is 4.42. The van der Waals surface area contributed by atoms with Gasteiger partial charge in [0.1, 0.15) is 5.54 Å². The summed E-state index contributed by atoms with van der Waals surface area (Å²) in [7, 11) is 0. The average Bonchev–Trinajstić information content (AvgIpc) is 2.40. The van der Waals surface area contributed by atoms with Crippen molar-refractivity contribution in [1.82, 2.24) is 5.32 Å². The van der Waals surface area contributed by atoms with Gasteiger partial charge in [-0.05, 0) is 19.8 Å². The van der Waals surface area contributed by atoms with E-state index in [0.717, 1.165) is 25.7 Å². The third kappa shape index (κ3) is 2.47. The average molecular weight is 284 g/mol. The summed E-state index contributed by atoms with van der Waals surface area (Å²) >= 11 is 0. The van der Waals surface area contributed by atoms with E-state index in [9.17, 15) is 9.90 Å². The number of hydrogen-bond acceptors (Lipinski definition) is 4. The summed E-state index contributed by atoms with van der Waals surface area (Å²) in [5.74, 6) is -0.149. The van der Waals surface area contributed by atoms with Crippen LogP contribution in [-0.4, -0.2) is 41.4 Å². The zero-order valence-corrected chi connectivity index (χ0v) is 12.8. The van der Waals surface area contributed by atoms with Crippen LogP contribution in [0.25, 0.3) is 0 Å². The molecular weight excluding hydrogens is 256 g/mol. The Hall–Kier alpha value is -0.650. The summed E-state index contributed by atoms with van der Waals surface area (Å²) < 4.78 is 5.64. The van der Waals surface area contributed by atoms with Gasteiger partial charge >= 0.3 is 0 Å². The highest BCUT2D eigenvalue weighted by atomic mass is 16.5. The van der Waals surface area contributed by atoms with Crippen molar-refractivity contribution in [2.45, 2.75) is 76.7 Å². The van der Waals surface area contributed by atoms with Crippen molar-refractivity contribution in [3.8, 4) is 0 Å². The van der Waals surface area contributed by atoms with Gasteiger partial charge in [-0.1, -0.05) is 26.7 Å². The summed E-state index contributed by atoms with van der Waals surface area (Å²) in [4.78, 5) is 12.5. The SMILES string of the molecule is CCOC1CC(N)(C(=O)NC2CCCCC2O)C1(C)C. The first-order valence-electron chi connectivity index (χ1n) is 7.72. The Morgan fingerprint density at radius 2 is 2.05 bits per heavy atom. The van der Waals surface area contributed by atoms with Crippen LogP contribution in [0.3, 0.4) is 0 Å². The van der Waals surface area contributed by atoms with Crippen molar-refractivity contribution in [1.29, 1.82) is 0 Å². The van der Waals surface area contributed by atoms with Gasteiger partial charge in [0, 0.05) is 18.4 Å². The summed E-state index contributed by atoms with van der Waals surface area (Å²) in [5.41, 5.74) is 5.05. The van der Waals surface area contributed by atoms with E-state index >= 15 is 0 Å². The molecule has 0 aliphatic heterocycles. The molecule has 4 N–H and O–H groups in total. The lowest BCUT2D eigenvalue weighted by molar-refractivity contribution is -0.172. The highest BCUT2D eigenvalue weighted by Crippen LogP contribution is 2.49. The third-order valence-corrected chi connectivity index (χ3v) is 5.28. The molecule has 2 fully saturated rings. The molecule has 0 radical (unpaired) electrons. The number of amides is 1. The Labute approximate surface area is 121 Å². The molecule has 2 aliphatic carbocycles. The number of aliphatic hydroxyl groups is 1. The van der Waals surface area contributed by atoms with Crippen LogP contribution in [0.1, 0.15) is 52.9 Å². The van der Waals surface area contributed by atoms with E-state index in [1.54, 1.807) is 0 Å². The Bertz CT molecular complexity index is 372. The van der Waals surface area contributed by atoms with E-state index in [1.165, 1.54) is 0 Å². The van der Waals surface area contributed by atoms with Crippen molar-refractivity contribution in [3.63, 3.8) is 0 Å². The van der Waals surface area contributed by atoms with Crippen LogP contribution >= 0.6 is 0 Å². The summed E-state index contributed by atoms with van der Waals surface area (Å²) in [6.07, 6.45) is 3.79. The molecule has 0 spiro atoms. The van der Waals surface area contributed by atoms with E-state index < -0.39 is 11.6 Å². The van der Waals surface area contributed by atoms with Gasteiger partial charge in [0.05, 0.1) is 18.2 Å². The lowest BCUT2D eigenvalue weighted by Gasteiger charge is -2.58. The molecule has 4 atom stereocenters. The number of nitrogens with two attached hydrogens (primary N) is 1. The van der Waals surface area contributed by atoms with Crippen molar-refractivity contribution in [2.75, 3.05) is 6.61 Å². The van der Waals surface area contributed by atoms with Gasteiger partial charge in [-0.3, -0.25) is 4.79 Å². The van der Waals surface area contributed by atoms with Gasteiger partial charge in [0.2, 0.25) is 5.91 Å². The first-order chi connectivity index (χ1) is 9.33. The number of carbonyl (C=O) groups excluding carboxylic acids is 1. The molecule has 0 aromatic rings. The smallest absolute Gasteiger partial charge is 0.241 e. The quantitative estimate of drug-likeness (QED) is 0.717. The predicted octanol–water partition coefficient (Wildman–Crippen LogP) is 0.939. The lowest BCUT2D eigenvalue weighted by Crippen LogP contribution is -2.76. The molecule has 1 amide bonds. The minimum Gasteiger partial charge on any atom is -0.391 e. The molecule has 20 heavy (non-hydrogen) atoms. The maximum atomic E-state index is 12.5. The Balaban J connectivity index is 1.98. The van der Waals surface area contributed by atoms with Gasteiger partial charge < -0.3 is 20.9 Å². The molecule has 0 aromatic heterocycles. The lowest BCUT2D eigenvalue weighted by atomic mass is 9.54. The van der Waals surface area contributed by atoms with Gasteiger partial charge in [0.25, 0.3) is 0 Å². The number of aliphatic hydroxyl groups excluding tert-OH is 1. The van der Waals surface area contributed by atoms with Gasteiger partial charge in [-0.15, -0.1) is 0 Å². The first kappa shape index (κ1) is 15.7. The molecule has 2 aliphatic rings. The van der Waals surface area contributed by atoms with Gasteiger partial charge in [-0.25, -0.2) is 0 Å². The third-order valence-electron chi connectivity index (χ3n) is 5.28. The molecule has 0 heterocycles. The van der Waals surface area contributed by atoms with Crippen molar-refractivity contribution >= 4 is 5.91 Å². The molecule has 116 valence electrons. The predicted molar refractivity (Wildman–Crippen MR) is 77.1 cm³/mol. The number of nitrogens with one attached hydrogen (secondary N) is 1. The van der Waals surface area contributed by atoms with Crippen LogP contribution in [0.4, 0.5) is 0 Å². The van der Waals surface area contributed by atoms with Crippen molar-refractivity contribution in [2.24, 2.45) is 11.1 Å². The minimum absolute atomic E-state index is 0.0273. The second-order valence-electron chi connectivity index (χ2n) is 6.77. The standard InChI is InChI=1S/C15H28N2O3/c1-4-20-12-9-15(16,14(12,2)3)13(19)17-10-7-5-6-8-11(10)18/h10-12,18H,4-9,16H2,1-3H3,(H,17,19). The van der Waals surface area contributed by atoms with Crippen molar-refractivity contribution in [3.05, 3.63) is 0 Å². The minimum atomic E-state index is -0.899. The monoisotopic (exact) mass is 284 g/mol. The highest BCUT2D eigenvalue weighted by molar-refractivity contribution is 5.89. The normalized spacial score (nSPS) is 40.0. The maximum Gasteiger partial charge on any atom is 0.241 e. The second kappa shape index (κ2) is 5.62. The van der Waals surface area contributed by atoms with E-state index in [4.69, 9.17) is 10.5 Å². The van der Waals surface area contributed by atoms with Gasteiger partial charge in [0.15, 0.2) is 0 Å². The molecular formula is C15H28N2O3. The van der Waals surface area contributed by atoms with Crippen molar-refractivity contribution < 1.29 is 14.6 Å². The summed E-state index contributed by atoms with van der Waals surface area (Å²) in [6.45, 7) is 6.54. The number of rotatable bonds is 4. The molecule has 0 saturated heterocycles. The summed E-state index contributed by atoms with van der Waals surface area (Å²) in [6, 6.07) is -0.154. The summed E-state index contributed by atoms with van der Waals surface area (Å²) in [5, 5.41) is 12.9. The molecule has 5 nitrogen and oxygen atoms in total. The van der Waals surface area contributed by atoms with E-state index in [-0.39, 0.29) is 23.5 Å². The molecule has 4 unspecified atom stereocenters. The Morgan fingerprint density at radius 1 is 1.40 bits per heavy atom. The van der Waals surface area contributed by atoms with Gasteiger partial charge in [-0.2, -0.15) is 0 Å². The van der Waals surface area contributed by atoms with Crippen LogP contribution in [0.15, 0.2) is 0 Å². The Morgan fingerprint density at radius 3 is 2.60 bits per heavy atom. The van der Waals surface area contributed by atoms with E-state index in [0.29, 0.717) is 13.0 Å². The first-order valence-corrected chi connectivity index (χ1v) is 7.72. The van der Waals surface area contributed by atoms with Crippen LogP contribution in [0.2, 0.25) is 0 Å².